The highest BCUT2D eigenvalue weighted by Gasteiger charge is 2.22. The monoisotopic (exact) mass is 418 g/mol. The quantitative estimate of drug-likeness (QED) is 0.388. The van der Waals surface area contributed by atoms with Gasteiger partial charge in [0.15, 0.2) is 0 Å². The molecule has 2 aromatic carbocycles. The molecule has 2 N–H and O–H groups in total. The standard InChI is InChI=1S/C25H26N2O4/c1-17-5-10-21-22(15-26-12-11-20-4-3-13-31-20)24(25(28)29)27(23(21)14-17)16-18-6-8-19(30-2)9-7-18/h3-10,13-14,26H,11-12,15-16H2,1-2H3,(H,28,29). The Kier molecular flexibility index (Phi) is 6.09. The molecule has 0 unspecified atom stereocenters. The number of furan rings is 1. The van der Waals surface area contributed by atoms with Crippen molar-refractivity contribution < 1.29 is 19.1 Å². The molecule has 2 aromatic heterocycles. The molecule has 31 heavy (non-hydrogen) atoms. The van der Waals surface area contributed by atoms with E-state index in [0.717, 1.165) is 45.5 Å². The number of carboxylic acid groups (broad SMARTS) is 1. The number of methoxy groups -OCH3 is 1. The third-order valence-corrected chi connectivity index (χ3v) is 5.46. The zero-order valence-electron chi connectivity index (χ0n) is 17.7. The Hall–Kier alpha value is -3.51. The first-order valence-electron chi connectivity index (χ1n) is 10.3. The molecular weight excluding hydrogens is 392 g/mol. The molecule has 0 aliphatic heterocycles. The van der Waals surface area contributed by atoms with Crippen molar-refractivity contribution in [1.82, 2.24) is 9.88 Å². The van der Waals surface area contributed by atoms with Crippen LogP contribution in [0.4, 0.5) is 0 Å². The second kappa shape index (κ2) is 9.10. The summed E-state index contributed by atoms with van der Waals surface area (Å²) in [6.45, 7) is 3.66. The number of aromatic nitrogens is 1. The van der Waals surface area contributed by atoms with Crippen LogP contribution in [0, 0.1) is 6.92 Å². The Morgan fingerprint density at radius 2 is 1.97 bits per heavy atom. The van der Waals surface area contributed by atoms with E-state index in [1.165, 1.54) is 0 Å². The molecule has 0 fully saturated rings. The van der Waals surface area contributed by atoms with Crippen LogP contribution in [0.2, 0.25) is 0 Å². The van der Waals surface area contributed by atoms with E-state index in [1.807, 2.05) is 60.0 Å². The highest BCUT2D eigenvalue weighted by Crippen LogP contribution is 2.29. The molecule has 0 amide bonds. The first kappa shape index (κ1) is 20.8. The van der Waals surface area contributed by atoms with E-state index >= 15 is 0 Å². The number of ether oxygens (including phenoxy) is 1. The van der Waals surface area contributed by atoms with Gasteiger partial charge in [0.1, 0.15) is 17.2 Å². The lowest BCUT2D eigenvalue weighted by Gasteiger charge is -2.11. The van der Waals surface area contributed by atoms with E-state index in [1.54, 1.807) is 13.4 Å². The number of carboxylic acids is 1. The molecule has 0 aliphatic carbocycles. The molecule has 0 radical (unpaired) electrons. The molecule has 160 valence electrons. The van der Waals surface area contributed by atoms with Crippen molar-refractivity contribution in [3.8, 4) is 5.75 Å². The van der Waals surface area contributed by atoms with Crippen LogP contribution in [0.5, 0.6) is 5.75 Å². The van der Waals surface area contributed by atoms with Gasteiger partial charge in [-0.05, 0) is 48.4 Å². The number of benzene rings is 2. The van der Waals surface area contributed by atoms with E-state index in [-0.39, 0.29) is 0 Å². The normalized spacial score (nSPS) is 11.2. The van der Waals surface area contributed by atoms with Crippen LogP contribution in [0.3, 0.4) is 0 Å². The molecule has 0 saturated heterocycles. The fourth-order valence-electron chi connectivity index (χ4n) is 3.91. The topological polar surface area (TPSA) is 76.6 Å². The van der Waals surface area contributed by atoms with Gasteiger partial charge in [-0.15, -0.1) is 0 Å². The fourth-order valence-corrected chi connectivity index (χ4v) is 3.91. The van der Waals surface area contributed by atoms with Crippen LogP contribution >= 0.6 is 0 Å². The van der Waals surface area contributed by atoms with Crippen molar-refractivity contribution in [3.05, 3.63) is 89.0 Å². The summed E-state index contributed by atoms with van der Waals surface area (Å²) in [6, 6.07) is 17.6. The maximum atomic E-state index is 12.3. The Balaban J connectivity index is 1.67. The molecule has 0 saturated carbocycles. The summed E-state index contributed by atoms with van der Waals surface area (Å²) < 4.78 is 12.5. The number of fused-ring (bicyclic) bond motifs is 1. The van der Waals surface area contributed by atoms with Crippen LogP contribution in [0.15, 0.2) is 65.3 Å². The maximum absolute atomic E-state index is 12.3. The second-order valence-electron chi connectivity index (χ2n) is 7.59. The summed E-state index contributed by atoms with van der Waals surface area (Å²) in [5, 5.41) is 14.4. The van der Waals surface area contributed by atoms with E-state index in [0.29, 0.717) is 25.3 Å². The molecule has 0 bridgehead atoms. The average Bonchev–Trinajstić information content (AvgIpc) is 3.38. The van der Waals surface area contributed by atoms with Crippen LogP contribution < -0.4 is 10.1 Å². The lowest BCUT2D eigenvalue weighted by Crippen LogP contribution is -2.19. The molecule has 0 spiro atoms. The van der Waals surface area contributed by atoms with Crippen molar-refractivity contribution in [3.63, 3.8) is 0 Å². The Morgan fingerprint density at radius 3 is 2.65 bits per heavy atom. The number of nitrogens with zero attached hydrogens (tertiary/aromatic N) is 1. The minimum absolute atomic E-state index is 0.321. The predicted octanol–water partition coefficient (Wildman–Crippen LogP) is 4.63. The zero-order valence-corrected chi connectivity index (χ0v) is 17.7. The van der Waals surface area contributed by atoms with E-state index in [4.69, 9.17) is 9.15 Å². The predicted molar refractivity (Wildman–Crippen MR) is 120 cm³/mol. The number of hydrogen-bond acceptors (Lipinski definition) is 4. The molecule has 2 heterocycles. The minimum atomic E-state index is -0.926. The molecule has 6 heteroatoms. The molecule has 4 rings (SSSR count). The molecule has 6 nitrogen and oxygen atoms in total. The molecule has 0 atom stereocenters. The smallest absolute Gasteiger partial charge is 0.352 e. The van der Waals surface area contributed by atoms with Gasteiger partial charge in [-0.2, -0.15) is 0 Å². The largest absolute Gasteiger partial charge is 0.497 e. The van der Waals surface area contributed by atoms with Gasteiger partial charge in [-0.3, -0.25) is 0 Å². The summed E-state index contributed by atoms with van der Waals surface area (Å²) in [7, 11) is 1.63. The summed E-state index contributed by atoms with van der Waals surface area (Å²) in [5.41, 5.74) is 4.16. The lowest BCUT2D eigenvalue weighted by molar-refractivity contribution is 0.0684. The van der Waals surface area contributed by atoms with E-state index in [2.05, 4.69) is 11.4 Å². The van der Waals surface area contributed by atoms with Gasteiger partial charge >= 0.3 is 5.97 Å². The van der Waals surface area contributed by atoms with Gasteiger partial charge in [-0.1, -0.05) is 24.3 Å². The van der Waals surface area contributed by atoms with Gasteiger partial charge in [-0.25, -0.2) is 4.79 Å². The first-order chi connectivity index (χ1) is 15.1. The summed E-state index contributed by atoms with van der Waals surface area (Å²) in [5.74, 6) is 0.755. The molecular formula is C25H26N2O4. The summed E-state index contributed by atoms with van der Waals surface area (Å²) >= 11 is 0. The Bertz CT molecular complexity index is 1170. The van der Waals surface area contributed by atoms with Gasteiger partial charge in [0.2, 0.25) is 0 Å². The average molecular weight is 418 g/mol. The number of aromatic carboxylic acids is 1. The number of hydrogen-bond donors (Lipinski definition) is 2. The second-order valence-corrected chi connectivity index (χ2v) is 7.59. The van der Waals surface area contributed by atoms with E-state index in [9.17, 15) is 9.90 Å². The maximum Gasteiger partial charge on any atom is 0.352 e. The van der Waals surface area contributed by atoms with Crippen molar-refractivity contribution in [2.24, 2.45) is 0 Å². The van der Waals surface area contributed by atoms with Crippen molar-refractivity contribution in [2.45, 2.75) is 26.4 Å². The SMILES string of the molecule is COc1ccc(Cn2c(C(=O)O)c(CNCCc3ccco3)c3ccc(C)cc32)cc1. The highest BCUT2D eigenvalue weighted by atomic mass is 16.5. The van der Waals surface area contributed by atoms with Gasteiger partial charge in [0.05, 0.1) is 13.4 Å². The summed E-state index contributed by atoms with van der Waals surface area (Å²) in [6.07, 6.45) is 2.41. The van der Waals surface area contributed by atoms with Crippen molar-refractivity contribution in [1.29, 1.82) is 0 Å². The van der Waals surface area contributed by atoms with Gasteiger partial charge < -0.3 is 24.1 Å². The Morgan fingerprint density at radius 1 is 1.16 bits per heavy atom. The minimum Gasteiger partial charge on any atom is -0.497 e. The summed E-state index contributed by atoms with van der Waals surface area (Å²) in [4.78, 5) is 12.3. The number of rotatable bonds is 9. The van der Waals surface area contributed by atoms with E-state index < -0.39 is 5.97 Å². The number of aryl methyl sites for hydroxylation is 1. The fraction of sp³-hybridized carbons (Fsp3) is 0.240. The van der Waals surface area contributed by atoms with Crippen LogP contribution in [-0.4, -0.2) is 29.3 Å². The zero-order chi connectivity index (χ0) is 21.8. The van der Waals surface area contributed by atoms with Crippen LogP contribution in [0.25, 0.3) is 10.9 Å². The third-order valence-electron chi connectivity index (χ3n) is 5.46. The van der Waals surface area contributed by atoms with Gasteiger partial charge in [0, 0.05) is 42.5 Å². The van der Waals surface area contributed by atoms with Crippen molar-refractivity contribution in [2.75, 3.05) is 13.7 Å². The molecule has 0 aliphatic rings. The lowest BCUT2D eigenvalue weighted by atomic mass is 10.1. The van der Waals surface area contributed by atoms with Crippen LogP contribution in [0.1, 0.15) is 32.9 Å². The van der Waals surface area contributed by atoms with Crippen molar-refractivity contribution >= 4 is 16.9 Å². The number of carbonyl (C=O) groups is 1. The third kappa shape index (κ3) is 4.49. The first-order valence-corrected chi connectivity index (χ1v) is 10.3. The van der Waals surface area contributed by atoms with Gasteiger partial charge in [0.25, 0.3) is 0 Å². The van der Waals surface area contributed by atoms with Crippen LogP contribution in [-0.2, 0) is 19.5 Å². The highest BCUT2D eigenvalue weighted by molar-refractivity contribution is 5.98. The number of nitrogens with one attached hydrogen (secondary N) is 1. The molecule has 4 aromatic rings. The Labute approximate surface area is 181 Å².